The van der Waals surface area contributed by atoms with E-state index in [1.165, 1.54) is 36.5 Å². The van der Waals surface area contributed by atoms with Gasteiger partial charge in [-0.2, -0.15) is 13.2 Å². The summed E-state index contributed by atoms with van der Waals surface area (Å²) >= 11 is 0. The molecule has 0 saturated heterocycles. The molecular weight excluding hydrogens is 371 g/mol. The van der Waals surface area contributed by atoms with Gasteiger partial charge in [-0.25, -0.2) is 0 Å². The van der Waals surface area contributed by atoms with Crippen molar-refractivity contribution < 1.29 is 32.4 Å². The Bertz CT molecular complexity index is 882. The van der Waals surface area contributed by atoms with Gasteiger partial charge in [-0.3, -0.25) is 19.7 Å². The van der Waals surface area contributed by atoms with Crippen molar-refractivity contribution >= 4 is 28.9 Å². The number of hydrogen-bond donors (Lipinski definition) is 2. The summed E-state index contributed by atoms with van der Waals surface area (Å²) < 4.78 is 42.5. The first-order chi connectivity index (χ1) is 12.5. The van der Waals surface area contributed by atoms with Gasteiger partial charge in [-0.15, -0.1) is 0 Å². The Balaban J connectivity index is 2.26. The summed E-state index contributed by atoms with van der Waals surface area (Å²) in [4.78, 5) is 32.1. The van der Waals surface area contributed by atoms with Crippen molar-refractivity contribution in [3.05, 3.63) is 52.6 Å². The molecule has 0 fully saturated rings. The number of rotatable bonds is 5. The number of ether oxygens (including phenoxy) is 1. The Hall–Kier alpha value is -3.63. The van der Waals surface area contributed by atoms with E-state index in [1.807, 2.05) is 0 Å². The first kappa shape index (κ1) is 19.7. The average molecular weight is 383 g/mol. The number of nitro groups is 1. The van der Waals surface area contributed by atoms with E-state index in [4.69, 9.17) is 4.74 Å². The molecule has 8 nitrogen and oxygen atoms in total. The highest BCUT2D eigenvalue weighted by Crippen LogP contribution is 2.31. The zero-order valence-corrected chi connectivity index (χ0v) is 13.7. The van der Waals surface area contributed by atoms with Crippen LogP contribution in [0.1, 0.15) is 6.92 Å². The van der Waals surface area contributed by atoms with E-state index in [2.05, 4.69) is 5.32 Å². The van der Waals surface area contributed by atoms with Crippen LogP contribution in [0, 0.1) is 10.1 Å². The molecule has 0 atom stereocenters. The molecule has 2 rings (SSSR count). The third kappa shape index (κ3) is 5.70. The Labute approximate surface area is 150 Å². The summed E-state index contributed by atoms with van der Waals surface area (Å²) in [6.45, 7) is 1.32. The van der Waals surface area contributed by atoms with Gasteiger partial charge in [0, 0.05) is 24.7 Å². The smallest absolute Gasteiger partial charge is 0.457 e. The third-order valence-electron chi connectivity index (χ3n) is 3.03. The van der Waals surface area contributed by atoms with Gasteiger partial charge < -0.3 is 15.4 Å². The summed E-state index contributed by atoms with van der Waals surface area (Å²) in [6, 6.07) is 8.66. The molecule has 0 spiro atoms. The maximum Gasteiger partial charge on any atom is 0.471 e. The second-order valence-electron chi connectivity index (χ2n) is 5.23. The van der Waals surface area contributed by atoms with Crippen molar-refractivity contribution in [3.8, 4) is 11.5 Å². The number of nitro benzene ring substituents is 1. The predicted molar refractivity (Wildman–Crippen MR) is 88.6 cm³/mol. The molecular formula is C16H12F3N3O5. The number of halogens is 3. The Kier molecular flexibility index (Phi) is 5.63. The van der Waals surface area contributed by atoms with Gasteiger partial charge in [-0.1, -0.05) is 0 Å². The van der Waals surface area contributed by atoms with E-state index in [0.717, 1.165) is 18.2 Å². The first-order valence-corrected chi connectivity index (χ1v) is 7.28. The lowest BCUT2D eigenvalue weighted by Crippen LogP contribution is -2.29. The van der Waals surface area contributed by atoms with Gasteiger partial charge in [-0.05, 0) is 24.3 Å². The monoisotopic (exact) mass is 383 g/mol. The molecule has 0 aromatic heterocycles. The number of hydrogen-bond acceptors (Lipinski definition) is 5. The van der Waals surface area contributed by atoms with Crippen LogP contribution in [0.2, 0.25) is 0 Å². The standard InChI is InChI=1S/C16H12F3N3O5/c1-9(23)20-10-2-4-13(5-3-10)27-14-7-11(6-12(8-14)22(25)26)21-15(24)16(17,18)19/h2-8H,1H3,(H,20,23)(H,21,24). The number of anilines is 2. The van der Waals surface area contributed by atoms with E-state index >= 15 is 0 Å². The molecule has 2 amide bonds. The number of carbonyl (C=O) groups excluding carboxylic acids is 2. The van der Waals surface area contributed by atoms with Crippen LogP contribution in [0.3, 0.4) is 0 Å². The van der Waals surface area contributed by atoms with Crippen LogP contribution >= 0.6 is 0 Å². The second-order valence-corrected chi connectivity index (χ2v) is 5.23. The van der Waals surface area contributed by atoms with Gasteiger partial charge in [0.05, 0.1) is 16.7 Å². The fourth-order valence-electron chi connectivity index (χ4n) is 1.97. The van der Waals surface area contributed by atoms with Crippen molar-refractivity contribution in [2.75, 3.05) is 10.6 Å². The van der Waals surface area contributed by atoms with E-state index in [1.54, 1.807) is 0 Å². The molecule has 0 radical (unpaired) electrons. The Morgan fingerprint density at radius 1 is 1.00 bits per heavy atom. The van der Waals surface area contributed by atoms with Gasteiger partial charge in [0.1, 0.15) is 11.5 Å². The number of nitrogens with one attached hydrogen (secondary N) is 2. The van der Waals surface area contributed by atoms with E-state index in [-0.39, 0.29) is 17.4 Å². The summed E-state index contributed by atoms with van der Waals surface area (Å²) in [7, 11) is 0. The molecule has 11 heteroatoms. The summed E-state index contributed by atoms with van der Waals surface area (Å²) in [5.41, 5.74) is -0.539. The van der Waals surface area contributed by atoms with Gasteiger partial charge in [0.15, 0.2) is 0 Å². The van der Waals surface area contributed by atoms with Gasteiger partial charge in [0.2, 0.25) is 5.91 Å². The number of amides is 2. The van der Waals surface area contributed by atoms with E-state index in [0.29, 0.717) is 5.69 Å². The number of alkyl halides is 3. The van der Waals surface area contributed by atoms with Crippen molar-refractivity contribution in [3.63, 3.8) is 0 Å². The highest BCUT2D eigenvalue weighted by atomic mass is 19.4. The number of nitrogens with zero attached hydrogens (tertiary/aromatic N) is 1. The molecule has 0 unspecified atom stereocenters. The maximum atomic E-state index is 12.4. The molecule has 27 heavy (non-hydrogen) atoms. The average Bonchev–Trinajstić information content (AvgIpc) is 2.55. The fraction of sp³-hybridized carbons (Fsp3) is 0.125. The lowest BCUT2D eigenvalue weighted by Gasteiger charge is -2.11. The molecule has 0 aliphatic carbocycles. The normalized spacial score (nSPS) is 10.8. The van der Waals surface area contributed by atoms with Crippen molar-refractivity contribution in [1.82, 2.24) is 0 Å². The Morgan fingerprint density at radius 2 is 1.63 bits per heavy atom. The van der Waals surface area contributed by atoms with Gasteiger partial charge >= 0.3 is 12.1 Å². The summed E-state index contributed by atoms with van der Waals surface area (Å²) in [6.07, 6.45) is -5.15. The van der Waals surface area contributed by atoms with Crippen molar-refractivity contribution in [1.29, 1.82) is 0 Å². The lowest BCUT2D eigenvalue weighted by atomic mass is 10.2. The minimum atomic E-state index is -5.15. The van der Waals surface area contributed by atoms with Crippen LogP contribution in [-0.4, -0.2) is 22.9 Å². The number of benzene rings is 2. The quantitative estimate of drug-likeness (QED) is 0.602. The van der Waals surface area contributed by atoms with Crippen LogP contribution in [0.25, 0.3) is 0 Å². The van der Waals surface area contributed by atoms with E-state index in [9.17, 15) is 32.9 Å². The van der Waals surface area contributed by atoms with Crippen LogP contribution in [0.15, 0.2) is 42.5 Å². The third-order valence-corrected chi connectivity index (χ3v) is 3.03. The fourth-order valence-corrected chi connectivity index (χ4v) is 1.97. The minimum Gasteiger partial charge on any atom is -0.457 e. The first-order valence-electron chi connectivity index (χ1n) is 7.28. The lowest BCUT2D eigenvalue weighted by molar-refractivity contribution is -0.384. The molecule has 2 aromatic rings. The number of carbonyl (C=O) groups is 2. The largest absolute Gasteiger partial charge is 0.471 e. The van der Waals surface area contributed by atoms with Gasteiger partial charge in [0.25, 0.3) is 5.69 Å². The summed E-state index contributed by atoms with van der Waals surface area (Å²) in [5.74, 6) is -2.51. The molecule has 2 aromatic carbocycles. The molecule has 142 valence electrons. The van der Waals surface area contributed by atoms with Crippen LogP contribution < -0.4 is 15.4 Å². The molecule has 0 heterocycles. The minimum absolute atomic E-state index is 0.158. The zero-order chi connectivity index (χ0) is 20.2. The highest BCUT2D eigenvalue weighted by molar-refractivity contribution is 5.95. The van der Waals surface area contributed by atoms with Crippen LogP contribution in [-0.2, 0) is 9.59 Å². The maximum absolute atomic E-state index is 12.4. The topological polar surface area (TPSA) is 111 Å². The molecule has 0 saturated carbocycles. The van der Waals surface area contributed by atoms with Crippen molar-refractivity contribution in [2.45, 2.75) is 13.1 Å². The molecule has 0 aliphatic rings. The summed E-state index contributed by atoms with van der Waals surface area (Å²) in [5, 5.41) is 15.0. The second kappa shape index (κ2) is 7.72. The molecule has 0 bridgehead atoms. The predicted octanol–water partition coefficient (Wildman–Crippen LogP) is 3.85. The Morgan fingerprint density at radius 3 is 2.15 bits per heavy atom. The zero-order valence-electron chi connectivity index (χ0n) is 13.7. The van der Waals surface area contributed by atoms with Crippen LogP contribution in [0.5, 0.6) is 11.5 Å². The van der Waals surface area contributed by atoms with Crippen molar-refractivity contribution in [2.24, 2.45) is 0 Å². The highest BCUT2D eigenvalue weighted by Gasteiger charge is 2.38. The molecule has 2 N–H and O–H groups in total. The SMILES string of the molecule is CC(=O)Nc1ccc(Oc2cc(NC(=O)C(F)(F)F)cc([N+](=O)[O-])c2)cc1. The van der Waals surface area contributed by atoms with E-state index < -0.39 is 28.4 Å². The molecule has 0 aliphatic heterocycles. The number of non-ortho nitro benzene ring substituents is 1. The van der Waals surface area contributed by atoms with Crippen LogP contribution in [0.4, 0.5) is 30.2 Å².